The second-order valence-corrected chi connectivity index (χ2v) is 6.58. The van der Waals surface area contributed by atoms with Crippen LogP contribution in [-0.4, -0.2) is 27.4 Å². The van der Waals surface area contributed by atoms with Crippen LogP contribution in [0.15, 0.2) is 17.0 Å². The first kappa shape index (κ1) is 13.5. The summed E-state index contributed by atoms with van der Waals surface area (Å²) in [4.78, 5) is 23.0. The third-order valence-electron chi connectivity index (χ3n) is 3.33. The van der Waals surface area contributed by atoms with Crippen molar-refractivity contribution in [3.05, 3.63) is 27.7 Å². The van der Waals surface area contributed by atoms with E-state index in [0.717, 1.165) is 36.5 Å². The molecule has 106 valence electrons. The Hall–Kier alpha value is -1.47. The second-order valence-electron chi connectivity index (χ2n) is 4.80. The molecule has 1 N–H and O–H groups in total. The minimum atomic E-state index is -0.0701. The minimum Gasteiger partial charge on any atom is -0.315 e. The highest BCUT2D eigenvalue weighted by Gasteiger charge is 2.29. The number of aryl methyl sites for hydroxylation is 1. The van der Waals surface area contributed by atoms with E-state index >= 15 is 0 Å². The van der Waals surface area contributed by atoms with Gasteiger partial charge in [-0.15, -0.1) is 22.7 Å². The Morgan fingerprint density at radius 2 is 2.35 bits per heavy atom. The molecule has 5 nitrogen and oxygen atoms in total. The fourth-order valence-corrected chi connectivity index (χ4v) is 3.87. The van der Waals surface area contributed by atoms with E-state index < -0.39 is 0 Å². The number of carbonyl (C=O) groups excluding carboxylic acids is 1. The van der Waals surface area contributed by atoms with Crippen molar-refractivity contribution in [2.75, 3.05) is 11.9 Å². The molecule has 0 spiro atoms. The van der Waals surface area contributed by atoms with Crippen LogP contribution in [0.25, 0.3) is 0 Å². The normalized spacial score (nSPS) is 19.1. The van der Waals surface area contributed by atoms with Crippen molar-refractivity contribution in [3.8, 4) is 0 Å². The van der Waals surface area contributed by atoms with E-state index in [2.05, 4.69) is 15.3 Å². The van der Waals surface area contributed by atoms with Gasteiger partial charge in [-0.25, -0.2) is 14.8 Å². The summed E-state index contributed by atoms with van der Waals surface area (Å²) in [5, 5.41) is 8.48. The number of urea groups is 1. The van der Waals surface area contributed by atoms with Gasteiger partial charge in [-0.1, -0.05) is 0 Å². The van der Waals surface area contributed by atoms with Gasteiger partial charge in [0.1, 0.15) is 5.01 Å². The molecule has 0 aromatic carbocycles. The molecule has 0 unspecified atom stereocenters. The van der Waals surface area contributed by atoms with Crippen LogP contribution in [0.4, 0.5) is 9.93 Å². The van der Waals surface area contributed by atoms with Crippen molar-refractivity contribution in [3.63, 3.8) is 0 Å². The molecular weight excluding hydrogens is 292 g/mol. The third kappa shape index (κ3) is 2.83. The zero-order chi connectivity index (χ0) is 13.9. The molecule has 3 heterocycles. The summed E-state index contributed by atoms with van der Waals surface area (Å²) in [6.07, 6.45) is 4.98. The molecule has 1 aliphatic heterocycles. The Kier molecular flexibility index (Phi) is 3.98. The summed E-state index contributed by atoms with van der Waals surface area (Å²) < 4.78 is 0. The molecule has 0 bridgehead atoms. The topological polar surface area (TPSA) is 58.1 Å². The summed E-state index contributed by atoms with van der Waals surface area (Å²) >= 11 is 3.07. The van der Waals surface area contributed by atoms with Gasteiger partial charge in [-0.05, 0) is 26.2 Å². The van der Waals surface area contributed by atoms with Crippen molar-refractivity contribution in [1.82, 2.24) is 14.9 Å². The predicted octanol–water partition coefficient (Wildman–Crippen LogP) is 3.67. The van der Waals surface area contributed by atoms with Gasteiger partial charge in [0.2, 0.25) is 0 Å². The van der Waals surface area contributed by atoms with Crippen LogP contribution in [-0.2, 0) is 0 Å². The van der Waals surface area contributed by atoms with Crippen LogP contribution >= 0.6 is 22.7 Å². The van der Waals surface area contributed by atoms with Crippen LogP contribution in [0.5, 0.6) is 0 Å². The van der Waals surface area contributed by atoms with E-state index in [1.165, 1.54) is 11.3 Å². The van der Waals surface area contributed by atoms with Crippen molar-refractivity contribution in [2.45, 2.75) is 32.2 Å². The molecule has 1 aliphatic rings. The highest BCUT2D eigenvalue weighted by molar-refractivity contribution is 7.13. The Morgan fingerprint density at radius 3 is 3.05 bits per heavy atom. The lowest BCUT2D eigenvalue weighted by molar-refractivity contribution is 0.163. The van der Waals surface area contributed by atoms with E-state index in [1.807, 2.05) is 22.6 Å². The van der Waals surface area contributed by atoms with Gasteiger partial charge in [-0.3, -0.25) is 5.32 Å². The second kappa shape index (κ2) is 5.88. The van der Waals surface area contributed by atoms with Gasteiger partial charge in [0.15, 0.2) is 5.13 Å². The lowest BCUT2D eigenvalue weighted by Crippen LogP contribution is -2.41. The minimum absolute atomic E-state index is 0.0701. The number of hydrogen-bond donors (Lipinski definition) is 1. The Bertz CT molecular complexity index is 581. The van der Waals surface area contributed by atoms with E-state index in [4.69, 9.17) is 0 Å². The molecular formula is C13H16N4OS2. The number of likely N-dealkylation sites (tertiary alicyclic amines) is 1. The first-order valence-corrected chi connectivity index (χ1v) is 8.39. The van der Waals surface area contributed by atoms with Crippen molar-refractivity contribution in [1.29, 1.82) is 0 Å². The molecule has 2 aromatic heterocycles. The Balaban J connectivity index is 1.74. The number of nitrogens with zero attached hydrogens (tertiary/aromatic N) is 3. The number of rotatable bonds is 2. The van der Waals surface area contributed by atoms with Crippen LogP contribution in [0.1, 0.15) is 36.0 Å². The molecule has 1 fully saturated rings. The monoisotopic (exact) mass is 308 g/mol. The first-order valence-electron chi connectivity index (χ1n) is 6.63. The maximum atomic E-state index is 12.4. The summed E-state index contributed by atoms with van der Waals surface area (Å²) in [5.74, 6) is 0. The van der Waals surface area contributed by atoms with E-state index in [1.54, 1.807) is 17.5 Å². The number of aromatic nitrogens is 2. The largest absolute Gasteiger partial charge is 0.324 e. The molecule has 0 aliphatic carbocycles. The molecule has 0 saturated carbocycles. The molecule has 7 heteroatoms. The van der Waals surface area contributed by atoms with Gasteiger partial charge >= 0.3 is 6.03 Å². The third-order valence-corrected chi connectivity index (χ3v) is 5.09. The van der Waals surface area contributed by atoms with Gasteiger partial charge in [0, 0.05) is 23.5 Å². The predicted molar refractivity (Wildman–Crippen MR) is 81.3 cm³/mol. The average molecular weight is 308 g/mol. The van der Waals surface area contributed by atoms with Gasteiger partial charge in [0.25, 0.3) is 0 Å². The number of nitrogens with one attached hydrogen (secondary N) is 1. The lowest BCUT2D eigenvalue weighted by Gasteiger charge is -2.34. The highest BCUT2D eigenvalue weighted by atomic mass is 32.1. The molecule has 2 aromatic rings. The summed E-state index contributed by atoms with van der Waals surface area (Å²) in [6, 6.07) is 0.0315. The Labute approximate surface area is 125 Å². The number of amides is 2. The van der Waals surface area contributed by atoms with Crippen LogP contribution in [0.2, 0.25) is 0 Å². The number of carbonyl (C=O) groups is 1. The first-order chi connectivity index (χ1) is 9.74. The van der Waals surface area contributed by atoms with E-state index in [0.29, 0.717) is 5.13 Å². The van der Waals surface area contributed by atoms with Gasteiger partial charge in [-0.2, -0.15) is 0 Å². The van der Waals surface area contributed by atoms with E-state index in [-0.39, 0.29) is 12.1 Å². The zero-order valence-electron chi connectivity index (χ0n) is 11.2. The molecule has 20 heavy (non-hydrogen) atoms. The zero-order valence-corrected chi connectivity index (χ0v) is 12.8. The van der Waals surface area contributed by atoms with Crippen molar-refractivity contribution in [2.24, 2.45) is 0 Å². The molecule has 0 radical (unpaired) electrons. The average Bonchev–Trinajstić information content (AvgIpc) is 3.10. The highest BCUT2D eigenvalue weighted by Crippen LogP contribution is 2.32. The molecule has 1 saturated heterocycles. The summed E-state index contributed by atoms with van der Waals surface area (Å²) in [5.41, 5.74) is 0.931. The summed E-state index contributed by atoms with van der Waals surface area (Å²) in [7, 11) is 0. The van der Waals surface area contributed by atoms with Crippen LogP contribution in [0.3, 0.4) is 0 Å². The number of thiazole rings is 2. The van der Waals surface area contributed by atoms with Crippen LogP contribution < -0.4 is 5.32 Å². The fourth-order valence-electron chi connectivity index (χ4n) is 2.41. The number of hydrogen-bond acceptors (Lipinski definition) is 5. The summed E-state index contributed by atoms with van der Waals surface area (Å²) in [6.45, 7) is 2.70. The van der Waals surface area contributed by atoms with E-state index in [9.17, 15) is 4.79 Å². The molecule has 3 rings (SSSR count). The molecule has 2 amide bonds. The number of anilines is 1. The number of piperidine rings is 1. The smallest absolute Gasteiger partial charge is 0.315 e. The quantitative estimate of drug-likeness (QED) is 0.921. The lowest BCUT2D eigenvalue weighted by atomic mass is 10.0. The Morgan fingerprint density at radius 1 is 1.45 bits per heavy atom. The van der Waals surface area contributed by atoms with Crippen molar-refractivity contribution >= 4 is 33.8 Å². The van der Waals surface area contributed by atoms with Crippen molar-refractivity contribution < 1.29 is 4.79 Å². The maximum absolute atomic E-state index is 12.4. The standard InChI is InChI=1S/C13H16N4OS2/c1-9-8-20-12(15-9)16-13(18)17-6-3-2-4-10(17)11-14-5-7-19-11/h5,7-8,10H,2-4,6H2,1H3,(H,15,16,18)/t10-/m0/s1. The van der Waals surface area contributed by atoms with Gasteiger partial charge < -0.3 is 4.90 Å². The van der Waals surface area contributed by atoms with Crippen LogP contribution in [0, 0.1) is 6.92 Å². The SMILES string of the molecule is Cc1csc(NC(=O)N2CCCC[C@H]2c2nccs2)n1. The maximum Gasteiger partial charge on any atom is 0.324 e. The van der Waals surface area contributed by atoms with Gasteiger partial charge in [0.05, 0.1) is 11.7 Å². The fraction of sp³-hybridized carbons (Fsp3) is 0.462. The molecule has 1 atom stereocenters.